The number of nitrogens with zero attached hydrogens (tertiary/aromatic N) is 2. The second kappa shape index (κ2) is 42.6. The number of cyclic esters (lactones) is 2. The molecule has 2 amide bonds. The van der Waals surface area contributed by atoms with Crippen molar-refractivity contribution in [3.63, 3.8) is 0 Å². The Morgan fingerprint density at radius 1 is 0.515 bits per heavy atom. The van der Waals surface area contributed by atoms with E-state index in [0.29, 0.717) is 66.0 Å². The van der Waals surface area contributed by atoms with Crippen molar-refractivity contribution in [1.29, 1.82) is 0 Å². The molecule has 12 unspecified atom stereocenters. The summed E-state index contributed by atoms with van der Waals surface area (Å²) >= 11 is 0. The van der Waals surface area contributed by atoms with Gasteiger partial charge in [-0.3, -0.25) is 9.80 Å². The number of anilines is 1. The third-order valence-corrected chi connectivity index (χ3v) is 17.3. The summed E-state index contributed by atoms with van der Waals surface area (Å²) < 4.78 is 89.6. The van der Waals surface area contributed by atoms with Crippen LogP contribution in [0.2, 0.25) is 13.1 Å². The lowest BCUT2D eigenvalue weighted by Crippen LogP contribution is -2.33. The van der Waals surface area contributed by atoms with E-state index in [2.05, 4.69) is 52.6 Å². The van der Waals surface area contributed by atoms with Crippen molar-refractivity contribution in [1.82, 2.24) is 4.90 Å². The second-order valence-electron chi connectivity index (χ2n) is 22.9. The van der Waals surface area contributed by atoms with Crippen LogP contribution >= 0.6 is 0 Å². The van der Waals surface area contributed by atoms with Gasteiger partial charge in [-0.25, -0.2) is 9.59 Å². The van der Waals surface area contributed by atoms with Gasteiger partial charge in [-0.2, -0.15) is 0 Å². The van der Waals surface area contributed by atoms with E-state index in [-0.39, 0.29) is 79.3 Å². The number of ether oxygens (including phenoxy) is 15. The number of hydrogen-bond acceptors (Lipinski definition) is 19. The minimum absolute atomic E-state index is 0.00212. The average molecular weight is 1360 g/mol. The zero-order valence-electron chi connectivity index (χ0n) is 56.9. The lowest BCUT2D eigenvalue weighted by Gasteiger charge is -2.31. The Morgan fingerprint density at radius 2 is 1.01 bits per heavy atom. The number of amides is 2. The van der Waals surface area contributed by atoms with Crippen LogP contribution in [0.15, 0.2) is 217 Å². The summed E-state index contributed by atoms with van der Waals surface area (Å²) in [7, 11) is 1.49. The molecule has 97 heavy (non-hydrogen) atoms. The molecule has 22 heteroatoms. The Balaban J connectivity index is 0.000000176. The molecule has 0 radical (unpaired) electrons. The summed E-state index contributed by atoms with van der Waals surface area (Å²) in [5, 5.41) is 0. The lowest BCUT2D eigenvalue weighted by atomic mass is 9.94. The first-order chi connectivity index (χ1) is 47.1. The molecule has 9 aliphatic rings. The maximum absolute atomic E-state index is 11.4. The Kier molecular flexibility index (Phi) is 34.6. The van der Waals surface area contributed by atoms with E-state index in [1.165, 1.54) is 26.4 Å². The molecule has 8 saturated heterocycles. The Hall–Kier alpha value is -7.20. The third kappa shape index (κ3) is 26.2. The van der Waals surface area contributed by atoms with Crippen LogP contribution in [0.25, 0.3) is 0 Å². The van der Waals surface area contributed by atoms with E-state index in [4.69, 9.17) is 79.9 Å². The molecule has 13 rings (SSSR count). The van der Waals surface area contributed by atoms with Crippen LogP contribution in [-0.2, 0) is 81.7 Å². The van der Waals surface area contributed by atoms with E-state index in [0.717, 1.165) is 41.0 Å². The van der Waals surface area contributed by atoms with Gasteiger partial charge in [0, 0.05) is 49.9 Å². The predicted molar refractivity (Wildman–Crippen MR) is 372 cm³/mol. The van der Waals surface area contributed by atoms with E-state index in [9.17, 15) is 9.59 Å². The van der Waals surface area contributed by atoms with Gasteiger partial charge in [0.05, 0.1) is 64.9 Å². The largest absolute Gasteiger partial charge is 0.497 e. The summed E-state index contributed by atoms with van der Waals surface area (Å²) in [4.78, 5) is 26.1. The minimum atomic E-state index is -1.70. The van der Waals surface area contributed by atoms with Gasteiger partial charge in [-0.05, 0) is 62.7 Å². The first-order valence-corrected chi connectivity index (χ1v) is 35.4. The Labute approximate surface area is 574 Å². The van der Waals surface area contributed by atoms with Gasteiger partial charge < -0.3 is 79.9 Å². The molecule has 1 saturated carbocycles. The van der Waals surface area contributed by atoms with Crippen molar-refractivity contribution in [2.45, 2.75) is 139 Å². The van der Waals surface area contributed by atoms with E-state index < -0.39 is 21.5 Å². The van der Waals surface area contributed by atoms with Gasteiger partial charge in [0.1, 0.15) is 49.5 Å². The van der Waals surface area contributed by atoms with Crippen LogP contribution in [0.5, 0.6) is 5.75 Å². The molecule has 4 aromatic carbocycles. The van der Waals surface area contributed by atoms with Crippen molar-refractivity contribution in [2.75, 3.05) is 78.6 Å². The maximum atomic E-state index is 11.4. The van der Waals surface area contributed by atoms with Gasteiger partial charge in [-0.1, -0.05) is 146 Å². The Morgan fingerprint density at radius 3 is 1.47 bits per heavy atom. The molecule has 528 valence electrons. The van der Waals surface area contributed by atoms with Crippen molar-refractivity contribution in [2.24, 2.45) is 0 Å². The van der Waals surface area contributed by atoms with Crippen LogP contribution in [0.3, 0.4) is 0 Å². The van der Waals surface area contributed by atoms with Gasteiger partial charge in [0.2, 0.25) is 0 Å². The fourth-order valence-electron chi connectivity index (χ4n) is 10.2. The van der Waals surface area contributed by atoms with E-state index in [1.807, 2.05) is 141 Å². The molecule has 21 nitrogen and oxygen atoms in total. The molecule has 1 spiro atoms. The fourth-order valence-corrected chi connectivity index (χ4v) is 11.7. The average Bonchev–Trinajstić information content (AvgIpc) is 1.77. The number of rotatable bonds is 17. The standard InChI is InChI=1S/C12H13NO2.C12H14O3.C11H11NO2.C11H12O2.C10H16O2.C7H12O3.C6H10O3.C6H12O2Si/c1-2-11-9-15-12(14)13(11)8-10-6-4-3-5-7-10;1-3-10-8-14-12(15-10)9-4-6-11(13-2)7-5-9;1-2-9-8-14-11(13)12(9)10-6-4-3-5-7-10;1-2-10-8-12-11(13-10)9-6-4-3-5-7-9;1-2-9-8-11-10(12-9)6-4-3-5-7-10;1-3-6-5-9-7(10-6)8-4-2;1-3-5-4-8-6(7-2)9-5;1-4-6-5-7-9(2,3)8-6/h2-7,11H,1,8-9H2;3-7,10,12H,1,8H2,2H3;2-7,9H,1,8H2;2-7,10-11H,1,8H2;2,9H,1,3-8H2;3,6-7H,1,4-5H2,2H3;3,5-6H,1,4H2,2H3;4,6H,1,5H2,2-3H3. The highest BCUT2D eigenvalue weighted by Crippen LogP contribution is 2.38. The van der Waals surface area contributed by atoms with Crippen molar-refractivity contribution < 1.29 is 89.5 Å². The normalized spacial score (nSPS) is 27.4. The molecule has 12 atom stereocenters. The predicted octanol–water partition coefficient (Wildman–Crippen LogP) is 13.9. The zero-order valence-corrected chi connectivity index (χ0v) is 57.9. The van der Waals surface area contributed by atoms with Gasteiger partial charge in [-0.15, -0.1) is 52.6 Å². The highest BCUT2D eigenvalue weighted by molar-refractivity contribution is 6.65. The highest BCUT2D eigenvalue weighted by Gasteiger charge is 2.41. The van der Waals surface area contributed by atoms with Crippen LogP contribution in [0.1, 0.15) is 68.3 Å². The molecule has 0 N–H and O–H groups in total. The number of carbonyl (C=O) groups excluding carboxylic acids is 2. The number of para-hydroxylation sites is 1. The molecule has 8 heterocycles. The summed E-state index contributed by atoms with van der Waals surface area (Å²) in [6.07, 6.45) is 19.2. The Bertz CT molecular complexity index is 2990. The van der Waals surface area contributed by atoms with Crippen LogP contribution in [0.4, 0.5) is 15.3 Å². The van der Waals surface area contributed by atoms with Crippen molar-refractivity contribution in [3.05, 3.63) is 233 Å². The SMILES string of the molecule is C=CC1COC(=O)N1Cc1ccccc1.C=CC1COC(=O)N1c1ccccc1.C=CC1COC(OC)O1.C=CC1COC(OCC)O1.C=CC1COC(c2ccc(OC)cc2)O1.C=CC1COC(c2ccccc2)O1.C=CC1COC2(CCCCC2)O1.C=CC1CO[Si](C)(C)O1. The number of carbonyl (C=O) groups is 2. The molecule has 0 aromatic heterocycles. The summed E-state index contributed by atoms with van der Waals surface area (Å²) in [5.41, 5.74) is 4.01. The summed E-state index contributed by atoms with van der Waals surface area (Å²) in [6.45, 7) is 39.8. The minimum Gasteiger partial charge on any atom is -0.497 e. The van der Waals surface area contributed by atoms with Crippen molar-refractivity contribution in [3.8, 4) is 5.75 Å². The quantitative estimate of drug-likeness (QED) is 0.0714. The monoisotopic (exact) mass is 1360 g/mol. The van der Waals surface area contributed by atoms with Crippen LogP contribution in [0, 0.1) is 0 Å². The molecule has 0 bridgehead atoms. The van der Waals surface area contributed by atoms with Gasteiger partial charge in [0.25, 0.3) is 13.0 Å². The van der Waals surface area contributed by atoms with Crippen molar-refractivity contribution >= 4 is 26.4 Å². The molecule has 9 fully saturated rings. The highest BCUT2D eigenvalue weighted by atomic mass is 28.4. The second-order valence-corrected chi connectivity index (χ2v) is 26.3. The van der Waals surface area contributed by atoms with E-state index in [1.54, 1.807) is 59.4 Å². The van der Waals surface area contributed by atoms with Gasteiger partial charge in [0.15, 0.2) is 18.4 Å². The lowest BCUT2D eigenvalue weighted by molar-refractivity contribution is -0.231. The fraction of sp³-hybridized carbons (Fsp3) is 0.440. The third-order valence-electron chi connectivity index (χ3n) is 15.5. The van der Waals surface area contributed by atoms with Gasteiger partial charge >= 0.3 is 20.7 Å². The first kappa shape index (κ1) is 78.8. The number of benzene rings is 4. The maximum Gasteiger partial charge on any atom is 0.415 e. The molecular formula is C75H100N2O19Si. The molecular weight excluding hydrogens is 1260 g/mol. The van der Waals surface area contributed by atoms with Crippen LogP contribution < -0.4 is 9.64 Å². The van der Waals surface area contributed by atoms with Crippen LogP contribution in [-0.4, -0.2) is 167 Å². The topological polar surface area (TPSA) is 198 Å². The summed E-state index contributed by atoms with van der Waals surface area (Å²) in [5.74, 6) is 0.605. The van der Waals surface area contributed by atoms with E-state index >= 15 is 0 Å². The number of methoxy groups -OCH3 is 2. The zero-order chi connectivity index (χ0) is 69.8. The first-order valence-electron chi connectivity index (χ1n) is 32.6. The molecule has 8 aliphatic heterocycles. The molecule has 4 aromatic rings. The number of hydrogen-bond donors (Lipinski definition) is 0. The molecule has 1 aliphatic carbocycles. The smallest absolute Gasteiger partial charge is 0.415 e. The summed E-state index contributed by atoms with van der Waals surface area (Å²) in [6, 6.07) is 36.8.